The predicted molar refractivity (Wildman–Crippen MR) is 89.2 cm³/mol. The second kappa shape index (κ2) is 5.47. The highest BCUT2D eigenvalue weighted by Gasteiger charge is 2.52. The molecule has 2 saturated carbocycles. The number of carbonyl (C=O) groups is 2. The molecule has 126 valence electrons. The molecule has 0 amide bonds. The lowest BCUT2D eigenvalue weighted by Crippen LogP contribution is -2.37. The van der Waals surface area contributed by atoms with E-state index in [-0.39, 0.29) is 12.0 Å². The Hall–Kier alpha value is -2.10. The van der Waals surface area contributed by atoms with Gasteiger partial charge in [0.25, 0.3) is 0 Å². The van der Waals surface area contributed by atoms with Crippen LogP contribution in [0.2, 0.25) is 0 Å². The van der Waals surface area contributed by atoms with Crippen LogP contribution in [0.5, 0.6) is 5.75 Å². The third kappa shape index (κ3) is 2.27. The molecule has 4 heteroatoms. The van der Waals surface area contributed by atoms with Gasteiger partial charge in [-0.3, -0.25) is 4.79 Å². The van der Waals surface area contributed by atoms with Crippen LogP contribution in [-0.4, -0.2) is 23.5 Å². The van der Waals surface area contributed by atoms with Crippen molar-refractivity contribution in [2.24, 2.45) is 11.3 Å². The molecule has 24 heavy (non-hydrogen) atoms. The van der Waals surface area contributed by atoms with Crippen LogP contribution in [0.4, 0.5) is 0 Å². The lowest BCUT2D eigenvalue weighted by molar-refractivity contribution is -0.139. The molecule has 0 aliphatic heterocycles. The van der Waals surface area contributed by atoms with Gasteiger partial charge in [0.15, 0.2) is 6.61 Å². The Balaban J connectivity index is 1.62. The monoisotopic (exact) mass is 326 g/mol. The summed E-state index contributed by atoms with van der Waals surface area (Å²) in [6.45, 7) is 1.84. The van der Waals surface area contributed by atoms with Gasteiger partial charge in [-0.05, 0) is 54.9 Å². The molecule has 1 N–H and O–H groups in total. The number of ether oxygens (including phenoxy) is 1. The fourth-order valence-corrected chi connectivity index (χ4v) is 4.96. The van der Waals surface area contributed by atoms with Gasteiger partial charge in [0.1, 0.15) is 11.5 Å². The van der Waals surface area contributed by atoms with Gasteiger partial charge >= 0.3 is 5.97 Å². The normalized spacial score (nSPS) is 30.9. The molecule has 0 radical (unpaired) electrons. The molecule has 3 aliphatic carbocycles. The highest BCUT2D eigenvalue weighted by Crippen LogP contribution is 2.57. The van der Waals surface area contributed by atoms with Crippen molar-refractivity contribution in [3.63, 3.8) is 0 Å². The maximum absolute atomic E-state index is 12.3. The summed E-state index contributed by atoms with van der Waals surface area (Å²) in [6.07, 6.45) is 6.86. The smallest absolute Gasteiger partial charge is 0.341 e. The number of Topliss-reactive ketones (excluding diaryl/α,β-unsaturated/α-hetero) is 1. The molecule has 0 spiro atoms. The molecule has 0 aromatic heterocycles. The lowest BCUT2D eigenvalue weighted by atomic mass is 9.60. The second-order valence-corrected chi connectivity index (χ2v) is 7.47. The molecule has 1 aromatic carbocycles. The van der Waals surface area contributed by atoms with Gasteiger partial charge in [-0.15, -0.1) is 0 Å². The second-order valence-electron chi connectivity index (χ2n) is 7.47. The van der Waals surface area contributed by atoms with Gasteiger partial charge in [0, 0.05) is 17.8 Å². The van der Waals surface area contributed by atoms with Crippen LogP contribution in [0, 0.1) is 11.3 Å². The van der Waals surface area contributed by atoms with Crippen molar-refractivity contribution in [2.45, 2.75) is 44.9 Å². The molecule has 3 aliphatic rings. The van der Waals surface area contributed by atoms with Crippen molar-refractivity contribution < 1.29 is 19.4 Å². The maximum Gasteiger partial charge on any atom is 0.341 e. The van der Waals surface area contributed by atoms with Gasteiger partial charge in [-0.25, -0.2) is 4.79 Å². The van der Waals surface area contributed by atoms with Crippen molar-refractivity contribution in [3.8, 4) is 5.75 Å². The lowest BCUT2D eigenvalue weighted by Gasteiger charge is -2.43. The zero-order valence-corrected chi connectivity index (χ0v) is 13.9. The zero-order valence-electron chi connectivity index (χ0n) is 13.9. The summed E-state index contributed by atoms with van der Waals surface area (Å²) < 4.78 is 5.30. The average molecular weight is 326 g/mol. The topological polar surface area (TPSA) is 63.6 Å². The number of fused-ring (bicyclic) bond motifs is 5. The molecule has 1 aromatic rings. The van der Waals surface area contributed by atoms with E-state index in [0.717, 1.165) is 32.1 Å². The SMILES string of the molecule is C[C@]12CC[C@H]3C(=CCc4cc(OCC(=O)O)ccc43)[C@@H]1CCC2=O. The van der Waals surface area contributed by atoms with Crippen LogP contribution in [0.15, 0.2) is 29.8 Å². The van der Waals surface area contributed by atoms with Crippen LogP contribution in [0.1, 0.15) is 49.7 Å². The fraction of sp³-hybridized carbons (Fsp3) is 0.500. The molecule has 4 rings (SSSR count). The third-order valence-electron chi connectivity index (χ3n) is 6.23. The van der Waals surface area contributed by atoms with E-state index in [9.17, 15) is 9.59 Å². The van der Waals surface area contributed by atoms with Gasteiger partial charge < -0.3 is 9.84 Å². The summed E-state index contributed by atoms with van der Waals surface area (Å²) in [7, 11) is 0. The Morgan fingerprint density at radius 1 is 1.38 bits per heavy atom. The number of allylic oxidation sites excluding steroid dienone is 2. The van der Waals surface area contributed by atoms with Crippen LogP contribution >= 0.6 is 0 Å². The number of carboxylic acids is 1. The van der Waals surface area contributed by atoms with E-state index >= 15 is 0 Å². The highest BCUT2D eigenvalue weighted by atomic mass is 16.5. The Kier molecular flexibility index (Phi) is 3.52. The van der Waals surface area contributed by atoms with Crippen molar-refractivity contribution >= 4 is 11.8 Å². The van der Waals surface area contributed by atoms with Crippen LogP contribution in [0.3, 0.4) is 0 Å². The molecule has 0 bridgehead atoms. The third-order valence-corrected chi connectivity index (χ3v) is 6.23. The Bertz CT molecular complexity index is 748. The van der Waals surface area contributed by atoms with Crippen LogP contribution in [-0.2, 0) is 16.0 Å². The molecule has 0 unspecified atom stereocenters. The van der Waals surface area contributed by atoms with Crippen molar-refractivity contribution in [2.75, 3.05) is 6.61 Å². The minimum atomic E-state index is -0.965. The number of carbonyl (C=O) groups excluding carboxylic acids is 1. The number of ketones is 1. The maximum atomic E-state index is 12.3. The number of aliphatic carboxylic acids is 1. The first kappa shape index (κ1) is 15.4. The van der Waals surface area contributed by atoms with Gasteiger partial charge in [-0.2, -0.15) is 0 Å². The van der Waals surface area contributed by atoms with Crippen molar-refractivity contribution in [3.05, 3.63) is 41.0 Å². The molecule has 3 atom stereocenters. The summed E-state index contributed by atoms with van der Waals surface area (Å²) in [5.41, 5.74) is 3.86. The largest absolute Gasteiger partial charge is 0.482 e. The zero-order chi connectivity index (χ0) is 16.9. The first-order valence-corrected chi connectivity index (χ1v) is 8.70. The van der Waals surface area contributed by atoms with E-state index < -0.39 is 5.97 Å². The van der Waals surface area contributed by atoms with Crippen LogP contribution < -0.4 is 4.74 Å². The minimum Gasteiger partial charge on any atom is -0.482 e. The molecule has 0 saturated heterocycles. The quantitative estimate of drug-likeness (QED) is 0.864. The summed E-state index contributed by atoms with van der Waals surface area (Å²) in [5, 5.41) is 8.74. The van der Waals surface area contributed by atoms with E-state index in [1.165, 1.54) is 16.7 Å². The van der Waals surface area contributed by atoms with E-state index in [1.54, 1.807) is 0 Å². The summed E-state index contributed by atoms with van der Waals surface area (Å²) in [5.74, 6) is 0.901. The molecular weight excluding hydrogens is 304 g/mol. The van der Waals surface area contributed by atoms with E-state index in [4.69, 9.17) is 9.84 Å². The Morgan fingerprint density at radius 3 is 3.00 bits per heavy atom. The predicted octanol–water partition coefficient (Wildman–Crippen LogP) is 3.50. The van der Waals surface area contributed by atoms with E-state index in [2.05, 4.69) is 19.1 Å². The van der Waals surface area contributed by atoms with Gasteiger partial charge in [-0.1, -0.05) is 24.6 Å². The summed E-state index contributed by atoms with van der Waals surface area (Å²) >= 11 is 0. The summed E-state index contributed by atoms with van der Waals surface area (Å²) in [6, 6.07) is 5.93. The number of carboxylic acid groups (broad SMARTS) is 1. The Labute approximate surface area is 141 Å². The van der Waals surface area contributed by atoms with Crippen molar-refractivity contribution in [1.29, 1.82) is 0 Å². The molecule has 4 nitrogen and oxygen atoms in total. The first-order valence-electron chi connectivity index (χ1n) is 8.70. The number of hydrogen-bond donors (Lipinski definition) is 1. The first-order chi connectivity index (χ1) is 11.5. The number of hydrogen-bond acceptors (Lipinski definition) is 3. The van der Waals surface area contributed by atoms with E-state index in [0.29, 0.717) is 23.4 Å². The molecule has 2 fully saturated rings. The van der Waals surface area contributed by atoms with Gasteiger partial charge in [0.05, 0.1) is 0 Å². The number of benzene rings is 1. The van der Waals surface area contributed by atoms with Crippen LogP contribution in [0.25, 0.3) is 0 Å². The fourth-order valence-electron chi connectivity index (χ4n) is 4.96. The van der Waals surface area contributed by atoms with Gasteiger partial charge in [0.2, 0.25) is 0 Å². The average Bonchev–Trinajstić information content (AvgIpc) is 2.88. The molecular formula is C20H22O4. The molecule has 0 heterocycles. The standard InChI is InChI=1S/C20H22O4/c1-20-9-8-15-14-5-3-13(24-11-19(22)23)10-12(14)2-4-16(15)17(20)6-7-18(20)21/h3-5,10,15,17H,2,6-9,11H2,1H3,(H,22,23)/t15-,17+,20+/m1/s1. The Morgan fingerprint density at radius 2 is 2.21 bits per heavy atom. The minimum absolute atomic E-state index is 0.148. The number of rotatable bonds is 3. The summed E-state index contributed by atoms with van der Waals surface area (Å²) in [4.78, 5) is 23.0. The highest BCUT2D eigenvalue weighted by molar-refractivity contribution is 5.88. The van der Waals surface area contributed by atoms with E-state index in [1.807, 2.05) is 12.1 Å². The van der Waals surface area contributed by atoms with Crippen molar-refractivity contribution in [1.82, 2.24) is 0 Å².